The number of halogens is 3. The molecule has 0 heterocycles. The van der Waals surface area contributed by atoms with E-state index in [-0.39, 0.29) is 11.4 Å². The van der Waals surface area contributed by atoms with Gasteiger partial charge in [0.15, 0.2) is 0 Å². The number of anilines is 1. The van der Waals surface area contributed by atoms with Crippen LogP contribution in [-0.2, 0) is 6.18 Å². The summed E-state index contributed by atoms with van der Waals surface area (Å²) in [6, 6.07) is 10.5. The zero-order chi connectivity index (χ0) is 14.0. The zero-order valence-electron chi connectivity index (χ0n) is 10.2. The Kier molecular flexibility index (Phi) is 3.38. The highest BCUT2D eigenvalue weighted by Crippen LogP contribution is 2.36. The van der Waals surface area contributed by atoms with Crippen LogP contribution in [0.3, 0.4) is 0 Å². The lowest BCUT2D eigenvalue weighted by molar-refractivity contribution is -0.137. The fourth-order valence-electron chi connectivity index (χ4n) is 1.59. The van der Waals surface area contributed by atoms with E-state index >= 15 is 0 Å². The van der Waals surface area contributed by atoms with Crippen LogP contribution in [0, 0.1) is 6.92 Å². The summed E-state index contributed by atoms with van der Waals surface area (Å²) in [5.41, 5.74) is 5.15. The lowest BCUT2D eigenvalue weighted by Crippen LogP contribution is -2.08. The highest BCUT2D eigenvalue weighted by atomic mass is 19.4. The Balaban J connectivity index is 2.29. The summed E-state index contributed by atoms with van der Waals surface area (Å²) in [5, 5.41) is 0. The third-order valence-corrected chi connectivity index (χ3v) is 2.59. The van der Waals surface area contributed by atoms with Crippen LogP contribution in [0.1, 0.15) is 11.1 Å². The van der Waals surface area contributed by atoms with Gasteiger partial charge in [-0.15, -0.1) is 0 Å². The molecule has 0 saturated carbocycles. The first-order chi connectivity index (χ1) is 8.86. The van der Waals surface area contributed by atoms with E-state index in [2.05, 4.69) is 0 Å². The Hall–Kier alpha value is -2.17. The first kappa shape index (κ1) is 13.3. The molecule has 2 aromatic rings. The molecule has 0 aliphatic heterocycles. The number of hydrogen-bond acceptors (Lipinski definition) is 2. The molecular formula is C14H12F3NO. The van der Waals surface area contributed by atoms with E-state index in [1.165, 1.54) is 12.1 Å². The average molecular weight is 267 g/mol. The van der Waals surface area contributed by atoms with Gasteiger partial charge in [-0.05, 0) is 37.3 Å². The largest absolute Gasteiger partial charge is 0.457 e. The third-order valence-electron chi connectivity index (χ3n) is 2.59. The van der Waals surface area contributed by atoms with E-state index in [0.717, 1.165) is 11.6 Å². The first-order valence-corrected chi connectivity index (χ1v) is 5.57. The van der Waals surface area contributed by atoms with Gasteiger partial charge < -0.3 is 10.5 Å². The summed E-state index contributed by atoms with van der Waals surface area (Å²) in [6.07, 6.45) is -4.49. The summed E-state index contributed by atoms with van der Waals surface area (Å²) in [4.78, 5) is 0. The molecule has 100 valence electrons. The highest BCUT2D eigenvalue weighted by molar-refractivity contribution is 5.52. The van der Waals surface area contributed by atoms with Crippen molar-refractivity contribution >= 4 is 5.69 Å². The fraction of sp³-hybridized carbons (Fsp3) is 0.143. The van der Waals surface area contributed by atoms with E-state index in [9.17, 15) is 13.2 Å². The van der Waals surface area contributed by atoms with Crippen LogP contribution in [-0.4, -0.2) is 0 Å². The molecule has 5 heteroatoms. The van der Waals surface area contributed by atoms with Crippen LogP contribution in [0.2, 0.25) is 0 Å². The molecule has 2 rings (SSSR count). The van der Waals surface area contributed by atoms with E-state index in [1.54, 1.807) is 12.1 Å². The number of nitrogens with two attached hydrogens (primary N) is 1. The van der Waals surface area contributed by atoms with Crippen LogP contribution in [0.25, 0.3) is 0 Å². The number of hydrogen-bond donors (Lipinski definition) is 1. The Morgan fingerprint density at radius 2 is 1.53 bits per heavy atom. The van der Waals surface area contributed by atoms with Crippen LogP contribution in [0.15, 0.2) is 42.5 Å². The molecule has 2 aromatic carbocycles. The van der Waals surface area contributed by atoms with Crippen molar-refractivity contribution in [2.45, 2.75) is 13.1 Å². The van der Waals surface area contributed by atoms with Gasteiger partial charge in [0.05, 0.1) is 5.56 Å². The minimum atomic E-state index is -4.49. The molecule has 0 bridgehead atoms. The molecule has 0 atom stereocenters. The number of benzene rings is 2. The molecule has 19 heavy (non-hydrogen) atoms. The number of aryl methyl sites for hydroxylation is 1. The van der Waals surface area contributed by atoms with Crippen molar-refractivity contribution in [3.05, 3.63) is 53.6 Å². The Morgan fingerprint density at radius 1 is 0.947 bits per heavy atom. The minimum absolute atomic E-state index is 0.102. The maximum atomic E-state index is 12.7. The normalized spacial score (nSPS) is 11.4. The average Bonchev–Trinajstić information content (AvgIpc) is 2.33. The van der Waals surface area contributed by atoms with Crippen LogP contribution >= 0.6 is 0 Å². The molecule has 0 radical (unpaired) electrons. The second-order valence-corrected chi connectivity index (χ2v) is 4.16. The highest BCUT2D eigenvalue weighted by Gasteiger charge is 2.33. The summed E-state index contributed by atoms with van der Waals surface area (Å²) in [6.45, 7) is 1.91. The van der Waals surface area contributed by atoms with Gasteiger partial charge in [0.1, 0.15) is 11.5 Å². The van der Waals surface area contributed by atoms with Gasteiger partial charge in [0.2, 0.25) is 0 Å². The minimum Gasteiger partial charge on any atom is -0.457 e. The smallest absolute Gasteiger partial charge is 0.418 e. The van der Waals surface area contributed by atoms with Gasteiger partial charge >= 0.3 is 6.18 Å². The van der Waals surface area contributed by atoms with Gasteiger partial charge in [-0.3, -0.25) is 0 Å². The van der Waals surface area contributed by atoms with Crippen LogP contribution in [0.5, 0.6) is 11.5 Å². The Labute approximate surface area is 108 Å². The Morgan fingerprint density at radius 3 is 2.11 bits per heavy atom. The monoisotopic (exact) mass is 267 g/mol. The lowest BCUT2D eigenvalue weighted by atomic mass is 10.1. The van der Waals surface area contributed by atoms with E-state index in [4.69, 9.17) is 10.5 Å². The van der Waals surface area contributed by atoms with E-state index in [0.29, 0.717) is 5.75 Å². The predicted molar refractivity (Wildman–Crippen MR) is 67.1 cm³/mol. The second kappa shape index (κ2) is 4.84. The molecule has 0 aliphatic rings. The molecule has 2 N–H and O–H groups in total. The van der Waals surface area contributed by atoms with Gasteiger partial charge in [-0.2, -0.15) is 13.2 Å². The number of rotatable bonds is 2. The van der Waals surface area contributed by atoms with E-state index < -0.39 is 11.7 Å². The van der Waals surface area contributed by atoms with Gasteiger partial charge in [-0.1, -0.05) is 17.7 Å². The number of nitrogen functional groups attached to an aromatic ring is 1. The zero-order valence-corrected chi connectivity index (χ0v) is 10.2. The molecule has 0 amide bonds. The maximum Gasteiger partial charge on any atom is 0.418 e. The topological polar surface area (TPSA) is 35.2 Å². The molecule has 0 saturated heterocycles. The predicted octanol–water partition coefficient (Wildman–Crippen LogP) is 4.39. The van der Waals surface area contributed by atoms with Crippen LogP contribution in [0.4, 0.5) is 18.9 Å². The standard InChI is InChI=1S/C14H12F3NO/c1-9-2-4-10(5-3-9)19-11-6-7-13(18)12(8-11)14(15,16)17/h2-8H,18H2,1H3. The second-order valence-electron chi connectivity index (χ2n) is 4.16. The molecular weight excluding hydrogens is 255 g/mol. The summed E-state index contributed by atoms with van der Waals surface area (Å²) in [5.74, 6) is 0.578. The molecule has 0 aromatic heterocycles. The van der Waals surface area contributed by atoms with Crippen molar-refractivity contribution in [1.29, 1.82) is 0 Å². The molecule has 0 aliphatic carbocycles. The third kappa shape index (κ3) is 3.19. The quantitative estimate of drug-likeness (QED) is 0.819. The first-order valence-electron chi connectivity index (χ1n) is 5.57. The molecule has 0 fully saturated rings. The van der Waals surface area contributed by atoms with Gasteiger partial charge in [0, 0.05) is 5.69 Å². The fourth-order valence-corrected chi connectivity index (χ4v) is 1.59. The van der Waals surface area contributed by atoms with Crippen molar-refractivity contribution < 1.29 is 17.9 Å². The van der Waals surface area contributed by atoms with Crippen LogP contribution < -0.4 is 10.5 Å². The molecule has 2 nitrogen and oxygen atoms in total. The summed E-state index contributed by atoms with van der Waals surface area (Å²) in [7, 11) is 0. The van der Waals surface area contributed by atoms with Crippen molar-refractivity contribution in [3.8, 4) is 11.5 Å². The van der Waals surface area contributed by atoms with Crippen molar-refractivity contribution in [3.63, 3.8) is 0 Å². The summed E-state index contributed by atoms with van der Waals surface area (Å²) >= 11 is 0. The SMILES string of the molecule is Cc1ccc(Oc2ccc(N)c(C(F)(F)F)c2)cc1. The summed E-state index contributed by atoms with van der Waals surface area (Å²) < 4.78 is 43.4. The molecule has 0 unspecified atom stereocenters. The number of ether oxygens (including phenoxy) is 1. The molecule has 0 spiro atoms. The van der Waals surface area contributed by atoms with Gasteiger partial charge in [0.25, 0.3) is 0 Å². The number of alkyl halides is 3. The van der Waals surface area contributed by atoms with Crippen molar-refractivity contribution in [2.24, 2.45) is 0 Å². The lowest BCUT2D eigenvalue weighted by Gasteiger charge is -2.12. The Bertz CT molecular complexity index is 576. The van der Waals surface area contributed by atoms with Crippen molar-refractivity contribution in [1.82, 2.24) is 0 Å². The van der Waals surface area contributed by atoms with Crippen molar-refractivity contribution in [2.75, 3.05) is 5.73 Å². The maximum absolute atomic E-state index is 12.7. The van der Waals surface area contributed by atoms with E-state index in [1.807, 2.05) is 19.1 Å². The van der Waals surface area contributed by atoms with Gasteiger partial charge in [-0.25, -0.2) is 0 Å².